The third-order valence-electron chi connectivity index (χ3n) is 3.15. The van der Waals surface area contributed by atoms with Gasteiger partial charge >= 0.3 is 0 Å². The summed E-state index contributed by atoms with van der Waals surface area (Å²) >= 11 is 1.78. The minimum Gasteiger partial charge on any atom is -0.423 e. The van der Waals surface area contributed by atoms with Crippen LogP contribution in [0.15, 0.2) is 46.5 Å². The van der Waals surface area contributed by atoms with E-state index in [9.17, 15) is 0 Å². The van der Waals surface area contributed by atoms with Crippen LogP contribution in [0.5, 0.6) is 0 Å². The monoisotopic (exact) mass is 285 g/mol. The molecule has 3 rings (SSSR count). The van der Waals surface area contributed by atoms with Gasteiger partial charge in [-0.15, -0.1) is 21.5 Å². The first-order chi connectivity index (χ1) is 9.74. The van der Waals surface area contributed by atoms with Crippen LogP contribution in [0.1, 0.15) is 23.4 Å². The maximum Gasteiger partial charge on any atom is 0.247 e. The molecule has 0 fully saturated rings. The van der Waals surface area contributed by atoms with Crippen molar-refractivity contribution in [3.05, 3.63) is 52.5 Å². The number of nitrogens with zero attached hydrogens (tertiary/aromatic N) is 2. The van der Waals surface area contributed by atoms with Gasteiger partial charge in [0.15, 0.2) is 0 Å². The minimum absolute atomic E-state index is 0.271. The normalized spacial score (nSPS) is 12.3. The molecule has 0 aliphatic rings. The molecule has 0 radical (unpaired) electrons. The summed E-state index contributed by atoms with van der Waals surface area (Å²) in [6.07, 6.45) is 1.34. The second kappa shape index (κ2) is 5.46. The molecule has 20 heavy (non-hydrogen) atoms. The fourth-order valence-electron chi connectivity index (χ4n) is 2.18. The number of rotatable bonds is 4. The van der Waals surface area contributed by atoms with E-state index in [4.69, 9.17) is 4.42 Å². The predicted octanol–water partition coefficient (Wildman–Crippen LogP) is 4.28. The van der Waals surface area contributed by atoms with E-state index in [2.05, 4.69) is 40.8 Å². The van der Waals surface area contributed by atoms with Gasteiger partial charge in [-0.1, -0.05) is 6.07 Å². The van der Waals surface area contributed by atoms with Crippen LogP contribution < -0.4 is 5.32 Å². The van der Waals surface area contributed by atoms with Crippen molar-refractivity contribution in [1.82, 2.24) is 10.2 Å². The summed E-state index contributed by atoms with van der Waals surface area (Å²) in [6, 6.07) is 10.4. The zero-order valence-electron chi connectivity index (χ0n) is 11.3. The Morgan fingerprint density at radius 1 is 1.30 bits per heavy atom. The molecule has 0 saturated carbocycles. The van der Waals surface area contributed by atoms with E-state index in [0.717, 1.165) is 11.3 Å². The lowest BCUT2D eigenvalue weighted by Gasteiger charge is -2.15. The lowest BCUT2D eigenvalue weighted by Crippen LogP contribution is -2.05. The second-order valence-electron chi connectivity index (χ2n) is 4.66. The van der Waals surface area contributed by atoms with Gasteiger partial charge in [0, 0.05) is 16.1 Å². The lowest BCUT2D eigenvalue weighted by atomic mass is 10.1. The van der Waals surface area contributed by atoms with Gasteiger partial charge in [0.05, 0.1) is 6.04 Å². The summed E-state index contributed by atoms with van der Waals surface area (Å²) in [6.45, 7) is 4.30. The van der Waals surface area contributed by atoms with Crippen molar-refractivity contribution in [2.45, 2.75) is 19.9 Å². The molecule has 3 aromatic rings. The van der Waals surface area contributed by atoms with Crippen molar-refractivity contribution in [2.75, 3.05) is 5.32 Å². The zero-order chi connectivity index (χ0) is 13.9. The topological polar surface area (TPSA) is 51.0 Å². The number of hydrogen-bond donors (Lipinski definition) is 1. The van der Waals surface area contributed by atoms with Crippen LogP contribution >= 0.6 is 11.3 Å². The number of thiophene rings is 1. The number of anilines is 1. The first-order valence-electron chi connectivity index (χ1n) is 6.41. The second-order valence-corrected chi connectivity index (χ2v) is 5.61. The summed E-state index contributed by atoms with van der Waals surface area (Å²) in [5.74, 6) is 0.536. The Balaban J connectivity index is 1.81. The van der Waals surface area contributed by atoms with Crippen molar-refractivity contribution in [2.24, 2.45) is 0 Å². The first-order valence-corrected chi connectivity index (χ1v) is 7.29. The van der Waals surface area contributed by atoms with Crippen molar-refractivity contribution in [3.63, 3.8) is 0 Å². The molecule has 1 unspecified atom stereocenters. The minimum atomic E-state index is 0.271. The molecule has 102 valence electrons. The van der Waals surface area contributed by atoms with Gasteiger partial charge in [0.25, 0.3) is 0 Å². The Morgan fingerprint density at radius 2 is 2.20 bits per heavy atom. The maximum absolute atomic E-state index is 5.22. The zero-order valence-corrected chi connectivity index (χ0v) is 12.1. The van der Waals surface area contributed by atoms with Gasteiger partial charge < -0.3 is 9.73 Å². The third-order valence-corrected chi connectivity index (χ3v) is 4.35. The van der Waals surface area contributed by atoms with E-state index in [1.54, 1.807) is 11.3 Å². The van der Waals surface area contributed by atoms with Gasteiger partial charge in [-0.05, 0) is 49.1 Å². The van der Waals surface area contributed by atoms with Gasteiger partial charge in [-0.2, -0.15) is 0 Å². The van der Waals surface area contributed by atoms with Crippen molar-refractivity contribution in [1.29, 1.82) is 0 Å². The molecule has 1 aromatic carbocycles. The average Bonchev–Trinajstić information content (AvgIpc) is 3.09. The molecule has 2 heterocycles. The molecule has 0 amide bonds. The maximum atomic E-state index is 5.22. The van der Waals surface area contributed by atoms with Gasteiger partial charge in [-0.25, -0.2) is 0 Å². The van der Waals surface area contributed by atoms with Crippen LogP contribution in [-0.4, -0.2) is 10.2 Å². The van der Waals surface area contributed by atoms with Crippen LogP contribution in [0, 0.1) is 6.92 Å². The smallest absolute Gasteiger partial charge is 0.247 e. The van der Waals surface area contributed by atoms with E-state index < -0.39 is 0 Å². The molecule has 2 aromatic heterocycles. The molecular formula is C15H15N3OS. The van der Waals surface area contributed by atoms with Crippen LogP contribution in [-0.2, 0) is 0 Å². The number of benzene rings is 1. The summed E-state index contributed by atoms with van der Waals surface area (Å²) in [4.78, 5) is 1.35. The SMILES string of the molecule is Cc1ccsc1C(C)Nc1cccc(-c2nnco2)c1. The summed E-state index contributed by atoms with van der Waals surface area (Å²) in [5, 5.41) is 13.3. The molecule has 0 spiro atoms. The Bertz CT molecular complexity index is 691. The highest BCUT2D eigenvalue weighted by Crippen LogP contribution is 2.28. The standard InChI is InChI=1S/C15H15N3OS/c1-10-6-7-20-14(10)11(2)17-13-5-3-4-12(8-13)15-18-16-9-19-15/h3-9,11,17H,1-2H3. The summed E-state index contributed by atoms with van der Waals surface area (Å²) in [5.41, 5.74) is 3.28. The summed E-state index contributed by atoms with van der Waals surface area (Å²) < 4.78 is 5.22. The number of hydrogen-bond acceptors (Lipinski definition) is 5. The van der Waals surface area contributed by atoms with Crippen LogP contribution in [0.25, 0.3) is 11.5 Å². The van der Waals surface area contributed by atoms with Crippen LogP contribution in [0.3, 0.4) is 0 Å². The van der Waals surface area contributed by atoms with Crippen LogP contribution in [0.2, 0.25) is 0 Å². The van der Waals surface area contributed by atoms with Gasteiger partial charge in [0.1, 0.15) is 0 Å². The number of nitrogens with one attached hydrogen (secondary N) is 1. The van der Waals surface area contributed by atoms with Crippen molar-refractivity contribution < 1.29 is 4.42 Å². The largest absolute Gasteiger partial charge is 0.423 e. The highest BCUT2D eigenvalue weighted by atomic mass is 32.1. The van der Waals surface area contributed by atoms with Crippen molar-refractivity contribution >= 4 is 17.0 Å². The lowest BCUT2D eigenvalue weighted by molar-refractivity contribution is 0.568. The van der Waals surface area contributed by atoms with E-state index in [-0.39, 0.29) is 6.04 Å². The highest BCUT2D eigenvalue weighted by molar-refractivity contribution is 7.10. The fraction of sp³-hybridized carbons (Fsp3) is 0.200. The molecule has 0 bridgehead atoms. The van der Waals surface area contributed by atoms with Crippen LogP contribution in [0.4, 0.5) is 5.69 Å². The van der Waals surface area contributed by atoms with E-state index in [0.29, 0.717) is 5.89 Å². The molecule has 0 aliphatic heterocycles. The Kier molecular flexibility index (Phi) is 3.52. The third kappa shape index (κ3) is 2.58. The van der Waals surface area contributed by atoms with E-state index in [1.165, 1.54) is 16.8 Å². The molecule has 5 heteroatoms. The molecule has 1 atom stereocenters. The molecule has 0 saturated heterocycles. The first kappa shape index (κ1) is 12.9. The van der Waals surface area contributed by atoms with Gasteiger partial charge in [0.2, 0.25) is 12.3 Å². The van der Waals surface area contributed by atoms with Gasteiger partial charge in [-0.3, -0.25) is 0 Å². The number of aromatic nitrogens is 2. The molecular weight excluding hydrogens is 270 g/mol. The summed E-state index contributed by atoms with van der Waals surface area (Å²) in [7, 11) is 0. The Labute approximate surface area is 121 Å². The molecule has 1 N–H and O–H groups in total. The average molecular weight is 285 g/mol. The molecule has 4 nitrogen and oxygen atoms in total. The van der Waals surface area contributed by atoms with Crippen molar-refractivity contribution in [3.8, 4) is 11.5 Å². The Morgan fingerprint density at radius 3 is 2.90 bits per heavy atom. The van der Waals surface area contributed by atoms with E-state index in [1.807, 2.05) is 24.3 Å². The molecule has 0 aliphatic carbocycles. The quantitative estimate of drug-likeness (QED) is 0.777. The fourth-order valence-corrected chi connectivity index (χ4v) is 3.12. The predicted molar refractivity (Wildman–Crippen MR) is 80.8 cm³/mol. The highest BCUT2D eigenvalue weighted by Gasteiger charge is 2.10. The van der Waals surface area contributed by atoms with E-state index >= 15 is 0 Å². The number of aryl methyl sites for hydroxylation is 1. The Hall–Kier alpha value is -2.14.